The highest BCUT2D eigenvalue weighted by atomic mass is 16.3. The van der Waals surface area contributed by atoms with Gasteiger partial charge in [0.1, 0.15) is 0 Å². The molecule has 1 heteroatoms. The Balaban J connectivity index is 2.35. The van der Waals surface area contributed by atoms with Gasteiger partial charge in [-0.25, -0.2) is 0 Å². The third-order valence-corrected chi connectivity index (χ3v) is 4.75. The number of aliphatic hydroxyl groups excluding tert-OH is 1. The third kappa shape index (κ3) is 1.67. The van der Waals surface area contributed by atoms with Crippen LogP contribution in [0.3, 0.4) is 0 Å². The van der Waals surface area contributed by atoms with Crippen LogP contribution in [0.4, 0.5) is 0 Å². The van der Waals surface area contributed by atoms with Gasteiger partial charge in [-0.3, -0.25) is 0 Å². The topological polar surface area (TPSA) is 20.2 Å². The molecular weight excluding hydrogens is 196 g/mol. The van der Waals surface area contributed by atoms with Gasteiger partial charge in [0, 0.05) is 0 Å². The van der Waals surface area contributed by atoms with Crippen LogP contribution in [0.5, 0.6) is 0 Å². The fraction of sp³-hybridized carbons (Fsp3) is 0.600. The minimum atomic E-state index is 0.139. The van der Waals surface area contributed by atoms with E-state index in [0.29, 0.717) is 10.8 Å². The second-order valence-corrected chi connectivity index (χ2v) is 5.92. The Morgan fingerprint density at radius 1 is 1.06 bits per heavy atom. The molecule has 0 amide bonds. The summed E-state index contributed by atoms with van der Waals surface area (Å²) >= 11 is 0. The summed E-state index contributed by atoms with van der Waals surface area (Å²) in [6.07, 6.45) is 3.91. The molecule has 1 saturated carbocycles. The van der Waals surface area contributed by atoms with Crippen molar-refractivity contribution >= 4 is 0 Å². The Kier molecular flexibility index (Phi) is 2.83. The van der Waals surface area contributed by atoms with E-state index in [1.807, 2.05) is 0 Å². The van der Waals surface area contributed by atoms with Gasteiger partial charge in [0.2, 0.25) is 0 Å². The third-order valence-electron chi connectivity index (χ3n) is 4.75. The van der Waals surface area contributed by atoms with Crippen LogP contribution in [0.1, 0.15) is 51.2 Å². The zero-order valence-corrected chi connectivity index (χ0v) is 10.6. The summed E-state index contributed by atoms with van der Waals surface area (Å²) in [5.41, 5.74) is 3.10. The van der Waals surface area contributed by atoms with E-state index < -0.39 is 0 Å². The SMILES string of the molecule is CC1(C)CCC[C@]1(C)c1ccc(CO)cc1. The van der Waals surface area contributed by atoms with E-state index in [-0.39, 0.29) is 6.61 Å². The minimum absolute atomic E-state index is 0.139. The molecule has 88 valence electrons. The van der Waals surface area contributed by atoms with Crippen molar-refractivity contribution in [3.63, 3.8) is 0 Å². The quantitative estimate of drug-likeness (QED) is 0.803. The maximum Gasteiger partial charge on any atom is 0.0681 e. The van der Waals surface area contributed by atoms with E-state index in [1.54, 1.807) is 0 Å². The lowest BCUT2D eigenvalue weighted by atomic mass is 9.65. The normalized spacial score (nSPS) is 28.2. The maximum absolute atomic E-state index is 9.06. The average Bonchev–Trinajstić information content (AvgIpc) is 2.55. The Bertz CT molecular complexity index is 364. The van der Waals surface area contributed by atoms with Gasteiger partial charge < -0.3 is 5.11 Å². The molecule has 0 saturated heterocycles. The van der Waals surface area contributed by atoms with Crippen LogP contribution < -0.4 is 0 Å². The Morgan fingerprint density at radius 3 is 2.12 bits per heavy atom. The molecule has 1 atom stereocenters. The van der Waals surface area contributed by atoms with Crippen LogP contribution in [-0.2, 0) is 12.0 Å². The molecule has 0 unspecified atom stereocenters. The van der Waals surface area contributed by atoms with E-state index in [4.69, 9.17) is 5.11 Å². The number of hydrogen-bond acceptors (Lipinski definition) is 1. The fourth-order valence-corrected chi connectivity index (χ4v) is 3.01. The maximum atomic E-state index is 9.06. The van der Waals surface area contributed by atoms with E-state index in [0.717, 1.165) is 5.56 Å². The molecule has 1 nitrogen and oxygen atoms in total. The first-order valence-electron chi connectivity index (χ1n) is 6.20. The first kappa shape index (κ1) is 11.7. The molecule has 0 bridgehead atoms. The van der Waals surface area contributed by atoms with Crippen LogP contribution in [0.25, 0.3) is 0 Å². The highest BCUT2D eigenvalue weighted by Gasteiger charge is 2.45. The Hall–Kier alpha value is -0.820. The smallest absolute Gasteiger partial charge is 0.0681 e. The van der Waals surface area contributed by atoms with Gasteiger partial charge in [0.05, 0.1) is 6.61 Å². The lowest BCUT2D eigenvalue weighted by molar-refractivity contribution is 0.224. The van der Waals surface area contributed by atoms with E-state index in [1.165, 1.54) is 24.8 Å². The Labute approximate surface area is 98.5 Å². The second kappa shape index (κ2) is 3.89. The number of benzene rings is 1. The molecule has 0 aromatic heterocycles. The zero-order valence-electron chi connectivity index (χ0n) is 10.6. The molecule has 0 heterocycles. The molecule has 16 heavy (non-hydrogen) atoms. The van der Waals surface area contributed by atoms with Crippen LogP contribution in [0, 0.1) is 5.41 Å². The van der Waals surface area contributed by atoms with Crippen molar-refractivity contribution in [1.82, 2.24) is 0 Å². The lowest BCUT2D eigenvalue weighted by Crippen LogP contribution is -2.33. The second-order valence-electron chi connectivity index (χ2n) is 5.92. The summed E-state index contributed by atoms with van der Waals surface area (Å²) in [6, 6.07) is 8.49. The molecule has 0 spiro atoms. The zero-order chi connectivity index (χ0) is 11.8. The molecule has 1 aromatic carbocycles. The highest BCUT2D eigenvalue weighted by Crippen LogP contribution is 2.53. The van der Waals surface area contributed by atoms with Gasteiger partial charge in [-0.1, -0.05) is 51.5 Å². The monoisotopic (exact) mass is 218 g/mol. The summed E-state index contributed by atoms with van der Waals surface area (Å²) in [7, 11) is 0. The van der Waals surface area contributed by atoms with Gasteiger partial charge in [-0.2, -0.15) is 0 Å². The van der Waals surface area contributed by atoms with E-state index >= 15 is 0 Å². The molecule has 1 fully saturated rings. The van der Waals surface area contributed by atoms with E-state index in [9.17, 15) is 0 Å². The molecule has 0 radical (unpaired) electrons. The molecule has 0 aliphatic heterocycles. The number of aliphatic hydroxyl groups is 1. The highest BCUT2D eigenvalue weighted by molar-refractivity contribution is 5.31. The molecule has 1 aliphatic rings. The average molecular weight is 218 g/mol. The van der Waals surface area contributed by atoms with Crippen molar-refractivity contribution in [1.29, 1.82) is 0 Å². The minimum Gasteiger partial charge on any atom is -0.392 e. The van der Waals surface area contributed by atoms with Crippen LogP contribution >= 0.6 is 0 Å². The van der Waals surface area contributed by atoms with Crippen LogP contribution in [0.15, 0.2) is 24.3 Å². The largest absolute Gasteiger partial charge is 0.392 e. The summed E-state index contributed by atoms with van der Waals surface area (Å²) in [4.78, 5) is 0. The summed E-state index contributed by atoms with van der Waals surface area (Å²) in [5.74, 6) is 0. The van der Waals surface area contributed by atoms with Crippen LogP contribution in [0.2, 0.25) is 0 Å². The van der Waals surface area contributed by atoms with Crippen molar-refractivity contribution in [3.05, 3.63) is 35.4 Å². The summed E-state index contributed by atoms with van der Waals surface area (Å²) in [5, 5.41) is 9.06. The molecular formula is C15H22O. The first-order chi connectivity index (χ1) is 7.49. The molecule has 1 aliphatic carbocycles. The molecule has 1 aromatic rings. The van der Waals surface area contributed by atoms with Crippen molar-refractivity contribution in [3.8, 4) is 0 Å². The lowest BCUT2D eigenvalue weighted by Gasteiger charge is -2.39. The molecule has 1 N–H and O–H groups in total. The standard InChI is InChI=1S/C15H22O/c1-14(2)9-4-10-15(14,3)13-7-5-12(11-16)6-8-13/h5-8,16H,4,9-11H2,1-3H3/t15-/m1/s1. The van der Waals surface area contributed by atoms with Gasteiger partial charge in [0.25, 0.3) is 0 Å². The van der Waals surface area contributed by atoms with Crippen molar-refractivity contribution in [2.24, 2.45) is 5.41 Å². The van der Waals surface area contributed by atoms with Gasteiger partial charge in [-0.05, 0) is 34.8 Å². The van der Waals surface area contributed by atoms with Crippen molar-refractivity contribution in [2.45, 2.75) is 52.1 Å². The summed E-state index contributed by atoms with van der Waals surface area (Å²) < 4.78 is 0. The van der Waals surface area contributed by atoms with Crippen molar-refractivity contribution in [2.75, 3.05) is 0 Å². The predicted molar refractivity (Wildman–Crippen MR) is 67.3 cm³/mol. The van der Waals surface area contributed by atoms with Crippen LogP contribution in [-0.4, -0.2) is 5.11 Å². The number of hydrogen-bond donors (Lipinski definition) is 1. The van der Waals surface area contributed by atoms with Gasteiger partial charge in [-0.15, -0.1) is 0 Å². The first-order valence-corrected chi connectivity index (χ1v) is 6.20. The number of rotatable bonds is 2. The van der Waals surface area contributed by atoms with Crippen molar-refractivity contribution < 1.29 is 5.11 Å². The summed E-state index contributed by atoms with van der Waals surface area (Å²) in [6.45, 7) is 7.27. The van der Waals surface area contributed by atoms with E-state index in [2.05, 4.69) is 45.0 Å². The molecule has 2 rings (SSSR count). The Morgan fingerprint density at radius 2 is 1.69 bits per heavy atom. The predicted octanol–water partition coefficient (Wildman–Crippen LogP) is 3.65. The fourth-order valence-electron chi connectivity index (χ4n) is 3.01. The van der Waals surface area contributed by atoms with Gasteiger partial charge in [0.15, 0.2) is 0 Å². The van der Waals surface area contributed by atoms with Gasteiger partial charge >= 0.3 is 0 Å².